The Morgan fingerprint density at radius 3 is 2.84 bits per heavy atom. The maximum atomic E-state index is 5.55. The maximum Gasteiger partial charge on any atom is 0.138 e. The fourth-order valence-electron chi connectivity index (χ4n) is 1.36. The van der Waals surface area contributed by atoms with Gasteiger partial charge in [-0.2, -0.15) is 0 Å². The molecule has 4 heteroatoms. The average molecular weight is 262 g/mol. The van der Waals surface area contributed by atoms with E-state index in [9.17, 15) is 0 Å². The number of hydrogen-bond donors (Lipinski definition) is 1. The molecular weight excluding hydrogens is 240 g/mol. The van der Waals surface area contributed by atoms with Gasteiger partial charge in [0.05, 0.1) is 19.3 Å². The lowest BCUT2D eigenvalue weighted by Crippen LogP contribution is -2.08. The maximum absolute atomic E-state index is 5.55. The van der Waals surface area contributed by atoms with Crippen molar-refractivity contribution in [2.24, 2.45) is 11.7 Å². The predicted octanol–water partition coefficient (Wildman–Crippen LogP) is 1.83. The molecule has 1 aromatic rings. The van der Waals surface area contributed by atoms with Crippen LogP contribution in [0.1, 0.15) is 25.8 Å². The molecule has 0 aliphatic heterocycles. The fraction of sp³-hybridized carbons (Fsp3) is 0.533. The van der Waals surface area contributed by atoms with Gasteiger partial charge in [0.1, 0.15) is 12.4 Å². The Morgan fingerprint density at radius 2 is 2.11 bits per heavy atom. The summed E-state index contributed by atoms with van der Waals surface area (Å²) in [5, 5.41) is 0. The largest absolute Gasteiger partial charge is 0.490 e. The zero-order valence-electron chi connectivity index (χ0n) is 11.7. The number of nitrogens with zero attached hydrogens (tertiary/aromatic N) is 1. The van der Waals surface area contributed by atoms with Crippen LogP contribution in [0.4, 0.5) is 0 Å². The Bertz CT molecular complexity index is 422. The highest BCUT2D eigenvalue weighted by Crippen LogP contribution is 2.10. The van der Waals surface area contributed by atoms with Gasteiger partial charge >= 0.3 is 0 Å². The van der Waals surface area contributed by atoms with Gasteiger partial charge in [0, 0.05) is 18.4 Å². The SMILES string of the molecule is CC(C)CCOCCOc1cncc(C#CCN)c1. The molecule has 0 fully saturated rings. The van der Waals surface area contributed by atoms with Crippen molar-refractivity contribution in [1.29, 1.82) is 0 Å². The van der Waals surface area contributed by atoms with E-state index in [1.165, 1.54) is 0 Å². The molecule has 4 nitrogen and oxygen atoms in total. The average Bonchev–Trinajstić information content (AvgIpc) is 2.40. The summed E-state index contributed by atoms with van der Waals surface area (Å²) in [6.45, 7) is 6.59. The summed E-state index contributed by atoms with van der Waals surface area (Å²) in [5.41, 5.74) is 6.13. The van der Waals surface area contributed by atoms with Crippen molar-refractivity contribution >= 4 is 0 Å². The van der Waals surface area contributed by atoms with Crippen LogP contribution in [0.3, 0.4) is 0 Å². The van der Waals surface area contributed by atoms with Gasteiger partial charge in [0.15, 0.2) is 0 Å². The molecule has 0 saturated carbocycles. The number of rotatable bonds is 7. The molecule has 0 aromatic carbocycles. The monoisotopic (exact) mass is 262 g/mol. The highest BCUT2D eigenvalue weighted by atomic mass is 16.5. The molecule has 0 aliphatic rings. The first-order valence-electron chi connectivity index (χ1n) is 6.57. The Kier molecular flexibility index (Phi) is 7.64. The van der Waals surface area contributed by atoms with Crippen LogP contribution >= 0.6 is 0 Å². The lowest BCUT2D eigenvalue weighted by atomic mass is 10.1. The lowest BCUT2D eigenvalue weighted by Gasteiger charge is -2.08. The lowest BCUT2D eigenvalue weighted by molar-refractivity contribution is 0.0924. The smallest absolute Gasteiger partial charge is 0.138 e. The van der Waals surface area contributed by atoms with Gasteiger partial charge in [-0.3, -0.25) is 4.98 Å². The van der Waals surface area contributed by atoms with E-state index >= 15 is 0 Å². The molecule has 0 saturated heterocycles. The van der Waals surface area contributed by atoms with Crippen molar-refractivity contribution in [3.05, 3.63) is 24.0 Å². The van der Waals surface area contributed by atoms with Crippen LogP contribution in [-0.4, -0.2) is 31.3 Å². The summed E-state index contributed by atoms with van der Waals surface area (Å²) in [4.78, 5) is 4.07. The van der Waals surface area contributed by atoms with E-state index in [4.69, 9.17) is 15.2 Å². The first-order valence-corrected chi connectivity index (χ1v) is 6.57. The van der Waals surface area contributed by atoms with E-state index in [1.807, 2.05) is 6.07 Å². The summed E-state index contributed by atoms with van der Waals surface area (Å²) < 4.78 is 11.0. The zero-order valence-corrected chi connectivity index (χ0v) is 11.7. The Labute approximate surface area is 115 Å². The van der Waals surface area contributed by atoms with Gasteiger partial charge in [-0.25, -0.2) is 0 Å². The highest BCUT2D eigenvalue weighted by Gasteiger charge is 1.97. The standard InChI is InChI=1S/C15H22N2O2/c1-13(2)5-7-18-8-9-19-15-10-14(4-3-6-16)11-17-12-15/h10-13H,5-9,16H2,1-2H3. The van der Waals surface area contributed by atoms with E-state index < -0.39 is 0 Å². The van der Waals surface area contributed by atoms with E-state index in [0.717, 1.165) is 18.6 Å². The van der Waals surface area contributed by atoms with Gasteiger partial charge in [-0.05, 0) is 18.4 Å². The molecule has 19 heavy (non-hydrogen) atoms. The second-order valence-electron chi connectivity index (χ2n) is 4.56. The summed E-state index contributed by atoms with van der Waals surface area (Å²) >= 11 is 0. The fourth-order valence-corrected chi connectivity index (χ4v) is 1.36. The summed E-state index contributed by atoms with van der Waals surface area (Å²) in [5.74, 6) is 7.08. The molecule has 0 radical (unpaired) electrons. The quantitative estimate of drug-likeness (QED) is 0.601. The van der Waals surface area contributed by atoms with Crippen LogP contribution in [0.25, 0.3) is 0 Å². The van der Waals surface area contributed by atoms with E-state index in [1.54, 1.807) is 12.4 Å². The topological polar surface area (TPSA) is 57.4 Å². The second kappa shape index (κ2) is 9.37. The van der Waals surface area contributed by atoms with E-state index in [0.29, 0.717) is 31.4 Å². The molecule has 2 N–H and O–H groups in total. The molecule has 1 heterocycles. The summed E-state index contributed by atoms with van der Waals surface area (Å²) in [6.07, 6.45) is 4.43. The Morgan fingerprint density at radius 1 is 1.26 bits per heavy atom. The van der Waals surface area contributed by atoms with Crippen molar-refractivity contribution in [3.8, 4) is 17.6 Å². The van der Waals surface area contributed by atoms with Gasteiger partial charge in [-0.1, -0.05) is 25.7 Å². The van der Waals surface area contributed by atoms with Gasteiger partial charge in [0.2, 0.25) is 0 Å². The number of nitrogens with two attached hydrogens (primary N) is 1. The molecule has 1 aromatic heterocycles. The van der Waals surface area contributed by atoms with Gasteiger partial charge in [0.25, 0.3) is 0 Å². The minimum Gasteiger partial charge on any atom is -0.490 e. The van der Waals surface area contributed by atoms with E-state index in [-0.39, 0.29) is 0 Å². The third-order valence-corrected chi connectivity index (χ3v) is 2.38. The summed E-state index contributed by atoms with van der Waals surface area (Å²) in [7, 11) is 0. The molecule has 104 valence electrons. The molecule has 0 amide bonds. The van der Waals surface area contributed by atoms with Crippen LogP contribution in [0.2, 0.25) is 0 Å². The minimum atomic E-state index is 0.342. The normalized spacial score (nSPS) is 10.1. The van der Waals surface area contributed by atoms with Crippen LogP contribution in [-0.2, 0) is 4.74 Å². The third-order valence-electron chi connectivity index (χ3n) is 2.38. The first-order chi connectivity index (χ1) is 9.22. The summed E-state index contributed by atoms with van der Waals surface area (Å²) in [6, 6.07) is 1.85. The predicted molar refractivity (Wildman–Crippen MR) is 75.9 cm³/mol. The number of hydrogen-bond acceptors (Lipinski definition) is 4. The number of pyridine rings is 1. The van der Waals surface area contributed by atoms with Gasteiger partial charge in [-0.15, -0.1) is 0 Å². The van der Waals surface area contributed by atoms with Crippen LogP contribution in [0, 0.1) is 17.8 Å². The number of ether oxygens (including phenoxy) is 2. The molecule has 0 spiro atoms. The minimum absolute atomic E-state index is 0.342. The van der Waals surface area contributed by atoms with Crippen molar-refractivity contribution in [2.45, 2.75) is 20.3 Å². The van der Waals surface area contributed by atoms with Crippen molar-refractivity contribution in [2.75, 3.05) is 26.4 Å². The molecular formula is C15H22N2O2. The highest BCUT2D eigenvalue weighted by molar-refractivity contribution is 5.36. The van der Waals surface area contributed by atoms with Crippen LogP contribution in [0.15, 0.2) is 18.5 Å². The molecule has 0 unspecified atom stereocenters. The van der Waals surface area contributed by atoms with Crippen LogP contribution in [0.5, 0.6) is 5.75 Å². The van der Waals surface area contributed by atoms with Crippen molar-refractivity contribution in [3.63, 3.8) is 0 Å². The first kappa shape index (κ1) is 15.5. The molecule has 0 atom stereocenters. The van der Waals surface area contributed by atoms with E-state index in [2.05, 4.69) is 30.7 Å². The third kappa shape index (κ3) is 7.45. The van der Waals surface area contributed by atoms with Crippen molar-refractivity contribution < 1.29 is 9.47 Å². The van der Waals surface area contributed by atoms with Crippen molar-refractivity contribution in [1.82, 2.24) is 4.98 Å². The Balaban J connectivity index is 2.25. The molecule has 0 aliphatic carbocycles. The second-order valence-corrected chi connectivity index (χ2v) is 4.56. The number of aromatic nitrogens is 1. The zero-order chi connectivity index (χ0) is 13.9. The van der Waals surface area contributed by atoms with Gasteiger partial charge < -0.3 is 15.2 Å². The molecule has 0 bridgehead atoms. The Hall–Kier alpha value is -1.57. The van der Waals surface area contributed by atoms with Crippen LogP contribution < -0.4 is 10.5 Å². The molecule has 1 rings (SSSR count).